The number of nitrogens with zero attached hydrogens (tertiary/aromatic N) is 1. The highest BCUT2D eigenvalue weighted by Gasteiger charge is 2.29. The summed E-state index contributed by atoms with van der Waals surface area (Å²) < 4.78 is 5.55. The van der Waals surface area contributed by atoms with E-state index in [1.165, 1.54) is 0 Å². The quantitative estimate of drug-likeness (QED) is 0.736. The summed E-state index contributed by atoms with van der Waals surface area (Å²) in [5.74, 6) is 0.00533. The van der Waals surface area contributed by atoms with E-state index in [1.54, 1.807) is 0 Å². The minimum Gasteiger partial charge on any atom is -0.364 e. The number of carbonyl (C=O) groups excluding carboxylic acids is 1. The van der Waals surface area contributed by atoms with Crippen LogP contribution in [0.15, 0.2) is 0 Å². The van der Waals surface area contributed by atoms with Crippen molar-refractivity contribution in [2.45, 2.75) is 51.9 Å². The highest BCUT2D eigenvalue weighted by Crippen LogP contribution is 2.18. The Kier molecular flexibility index (Phi) is 12.9. The van der Waals surface area contributed by atoms with E-state index in [2.05, 4.69) is 31.0 Å². The van der Waals surface area contributed by atoms with E-state index in [0.29, 0.717) is 19.1 Å². The molecule has 1 amide bonds. The molecule has 1 rings (SSSR count). The van der Waals surface area contributed by atoms with Gasteiger partial charge in [-0.2, -0.15) is 0 Å². The Labute approximate surface area is 134 Å². The van der Waals surface area contributed by atoms with Crippen molar-refractivity contribution in [2.75, 3.05) is 26.2 Å². The second-order valence-corrected chi connectivity index (χ2v) is 5.07. The first-order valence-electron chi connectivity index (χ1n) is 6.95. The van der Waals surface area contributed by atoms with Gasteiger partial charge in [0.05, 0.1) is 6.10 Å². The van der Waals surface area contributed by atoms with Crippen LogP contribution in [0.25, 0.3) is 0 Å². The van der Waals surface area contributed by atoms with Crippen LogP contribution in [0.2, 0.25) is 0 Å². The lowest BCUT2D eigenvalue weighted by Gasteiger charge is -2.25. The van der Waals surface area contributed by atoms with Gasteiger partial charge in [0.25, 0.3) is 0 Å². The van der Waals surface area contributed by atoms with Gasteiger partial charge >= 0.3 is 0 Å². The van der Waals surface area contributed by atoms with Crippen LogP contribution < -0.4 is 11.1 Å². The van der Waals surface area contributed by atoms with Gasteiger partial charge in [-0.05, 0) is 33.2 Å². The van der Waals surface area contributed by atoms with Crippen LogP contribution in [0, 0.1) is 0 Å². The second kappa shape index (κ2) is 11.6. The summed E-state index contributed by atoms with van der Waals surface area (Å²) >= 11 is 0. The fraction of sp³-hybridized carbons (Fsp3) is 0.923. The number of halogens is 2. The Morgan fingerprint density at radius 2 is 2.05 bits per heavy atom. The van der Waals surface area contributed by atoms with Crippen molar-refractivity contribution < 1.29 is 9.53 Å². The first kappa shape index (κ1) is 22.2. The van der Waals surface area contributed by atoms with Gasteiger partial charge in [-0.15, -0.1) is 24.8 Å². The molecule has 1 fully saturated rings. The lowest BCUT2D eigenvalue weighted by Crippen LogP contribution is -2.42. The van der Waals surface area contributed by atoms with Crippen molar-refractivity contribution >= 4 is 30.7 Å². The molecule has 1 aliphatic rings. The smallest absolute Gasteiger partial charge is 0.249 e. The molecule has 0 aliphatic carbocycles. The van der Waals surface area contributed by atoms with E-state index in [9.17, 15) is 4.79 Å². The Bertz CT molecular complexity index is 268. The molecule has 0 aromatic rings. The maximum absolute atomic E-state index is 11.9. The van der Waals surface area contributed by atoms with Gasteiger partial charge in [0.2, 0.25) is 5.91 Å². The Balaban J connectivity index is 0. The fourth-order valence-corrected chi connectivity index (χ4v) is 2.29. The van der Waals surface area contributed by atoms with Crippen LogP contribution in [0.5, 0.6) is 0 Å². The zero-order chi connectivity index (χ0) is 13.5. The van der Waals surface area contributed by atoms with E-state index in [0.717, 1.165) is 25.9 Å². The Morgan fingerprint density at radius 1 is 1.40 bits per heavy atom. The van der Waals surface area contributed by atoms with Crippen LogP contribution in [0.1, 0.15) is 33.6 Å². The van der Waals surface area contributed by atoms with Crippen molar-refractivity contribution in [3.63, 3.8) is 0 Å². The van der Waals surface area contributed by atoms with Crippen molar-refractivity contribution in [1.29, 1.82) is 0 Å². The second-order valence-electron chi connectivity index (χ2n) is 5.07. The maximum atomic E-state index is 11.9. The number of nitrogens with one attached hydrogen (secondary N) is 1. The van der Waals surface area contributed by atoms with Gasteiger partial charge in [-0.3, -0.25) is 9.69 Å². The third kappa shape index (κ3) is 7.09. The standard InChI is InChI=1S/C13H27N3O2.2ClH/c1-4-16(10(2)3)8-7-15-13(17)12-6-5-11(9-14)18-12;;/h10-12H,4-9,14H2,1-3H3,(H,15,17);2*1H/t11-,12+;;/m1../s1. The predicted octanol–water partition coefficient (Wildman–Crippen LogP) is 1.18. The molecule has 1 heterocycles. The van der Waals surface area contributed by atoms with Crippen LogP contribution in [-0.4, -0.2) is 55.2 Å². The molecule has 122 valence electrons. The highest BCUT2D eigenvalue weighted by molar-refractivity contribution is 5.85. The van der Waals surface area contributed by atoms with Gasteiger partial charge < -0.3 is 15.8 Å². The largest absolute Gasteiger partial charge is 0.364 e. The summed E-state index contributed by atoms with van der Waals surface area (Å²) in [6.07, 6.45) is 1.44. The summed E-state index contributed by atoms with van der Waals surface area (Å²) in [5, 5.41) is 2.94. The summed E-state index contributed by atoms with van der Waals surface area (Å²) in [6, 6.07) is 0.510. The fourth-order valence-electron chi connectivity index (χ4n) is 2.29. The average molecular weight is 330 g/mol. The first-order chi connectivity index (χ1) is 8.58. The zero-order valence-corrected chi connectivity index (χ0v) is 14.3. The van der Waals surface area contributed by atoms with Crippen LogP contribution in [0.3, 0.4) is 0 Å². The predicted molar refractivity (Wildman–Crippen MR) is 86.8 cm³/mol. The lowest BCUT2D eigenvalue weighted by atomic mass is 10.2. The molecule has 7 heteroatoms. The summed E-state index contributed by atoms with van der Waals surface area (Å²) in [4.78, 5) is 14.2. The third-order valence-corrected chi connectivity index (χ3v) is 3.50. The topological polar surface area (TPSA) is 67.6 Å². The van der Waals surface area contributed by atoms with E-state index >= 15 is 0 Å². The van der Waals surface area contributed by atoms with Crippen molar-refractivity contribution in [1.82, 2.24) is 10.2 Å². The molecule has 0 unspecified atom stereocenters. The monoisotopic (exact) mass is 329 g/mol. The van der Waals surface area contributed by atoms with Crippen LogP contribution in [0.4, 0.5) is 0 Å². The van der Waals surface area contributed by atoms with Gasteiger partial charge in [-0.1, -0.05) is 6.92 Å². The average Bonchev–Trinajstić information content (AvgIpc) is 2.82. The number of nitrogens with two attached hydrogens (primary N) is 1. The maximum Gasteiger partial charge on any atom is 0.249 e. The normalized spacial score (nSPS) is 21.5. The van der Waals surface area contributed by atoms with E-state index in [-0.39, 0.29) is 42.9 Å². The molecule has 1 saturated heterocycles. The van der Waals surface area contributed by atoms with E-state index in [4.69, 9.17) is 10.5 Å². The third-order valence-electron chi connectivity index (χ3n) is 3.50. The number of amides is 1. The van der Waals surface area contributed by atoms with Crippen molar-refractivity contribution in [3.05, 3.63) is 0 Å². The molecule has 0 spiro atoms. The molecular weight excluding hydrogens is 301 g/mol. The minimum atomic E-state index is -0.298. The van der Waals surface area contributed by atoms with Gasteiger partial charge in [0, 0.05) is 25.7 Å². The highest BCUT2D eigenvalue weighted by atomic mass is 35.5. The number of hydrogen-bond acceptors (Lipinski definition) is 4. The summed E-state index contributed by atoms with van der Waals surface area (Å²) in [6.45, 7) is 9.52. The molecular formula is C13H29Cl2N3O2. The van der Waals surface area contributed by atoms with Gasteiger partial charge in [0.1, 0.15) is 6.10 Å². The number of likely N-dealkylation sites (N-methyl/N-ethyl adjacent to an activating group) is 1. The van der Waals surface area contributed by atoms with E-state index < -0.39 is 0 Å². The Hall–Kier alpha value is -0.0700. The SMILES string of the molecule is CCN(CCNC(=O)[C@@H]1CC[C@H](CN)O1)C(C)C.Cl.Cl. The lowest BCUT2D eigenvalue weighted by molar-refractivity contribution is -0.131. The molecule has 20 heavy (non-hydrogen) atoms. The van der Waals surface area contributed by atoms with Crippen molar-refractivity contribution in [2.24, 2.45) is 5.73 Å². The Morgan fingerprint density at radius 3 is 2.50 bits per heavy atom. The van der Waals surface area contributed by atoms with Gasteiger partial charge in [0.15, 0.2) is 0 Å². The molecule has 2 atom stereocenters. The molecule has 5 nitrogen and oxygen atoms in total. The summed E-state index contributed by atoms with van der Waals surface area (Å²) in [7, 11) is 0. The summed E-state index contributed by atoms with van der Waals surface area (Å²) in [5.41, 5.74) is 5.52. The number of ether oxygens (including phenoxy) is 1. The number of hydrogen-bond donors (Lipinski definition) is 2. The van der Waals surface area contributed by atoms with Crippen molar-refractivity contribution in [3.8, 4) is 0 Å². The van der Waals surface area contributed by atoms with E-state index in [1.807, 2.05) is 0 Å². The molecule has 3 N–H and O–H groups in total. The number of carbonyl (C=O) groups is 1. The van der Waals surface area contributed by atoms with Crippen LogP contribution >= 0.6 is 24.8 Å². The first-order valence-corrected chi connectivity index (χ1v) is 6.95. The molecule has 0 aromatic heterocycles. The molecule has 0 saturated carbocycles. The molecule has 0 radical (unpaired) electrons. The minimum absolute atomic E-state index is 0. The number of rotatable bonds is 7. The molecule has 1 aliphatic heterocycles. The zero-order valence-electron chi connectivity index (χ0n) is 12.6. The van der Waals surface area contributed by atoms with Gasteiger partial charge in [-0.25, -0.2) is 0 Å². The molecule has 0 bridgehead atoms. The molecule has 0 aromatic carbocycles. The van der Waals surface area contributed by atoms with Crippen LogP contribution in [-0.2, 0) is 9.53 Å².